The number of carbonyl (C=O) groups is 1. The highest BCUT2D eigenvalue weighted by Crippen LogP contribution is 2.29. The van der Waals surface area contributed by atoms with Gasteiger partial charge in [0.05, 0.1) is 6.42 Å². The van der Waals surface area contributed by atoms with E-state index >= 15 is 0 Å². The molecule has 0 aromatic carbocycles. The van der Waals surface area contributed by atoms with Gasteiger partial charge in [0.1, 0.15) is 0 Å². The molecule has 1 atom stereocenters. The lowest BCUT2D eigenvalue weighted by molar-refractivity contribution is -0.137. The molecule has 1 saturated carbocycles. The van der Waals surface area contributed by atoms with E-state index in [0.717, 1.165) is 0 Å². The van der Waals surface area contributed by atoms with Gasteiger partial charge in [0, 0.05) is 12.1 Å². The number of aliphatic carboxylic acids is 1. The first kappa shape index (κ1) is 11.5. The Labute approximate surface area is 85.9 Å². The van der Waals surface area contributed by atoms with Gasteiger partial charge in [-0.15, -0.1) is 0 Å². The monoisotopic (exact) mass is 199 g/mol. The Morgan fingerprint density at radius 1 is 1.43 bits per heavy atom. The summed E-state index contributed by atoms with van der Waals surface area (Å²) in [6.45, 7) is 4.15. The normalized spacial score (nSPS) is 20.2. The number of carboxylic acids is 1. The van der Waals surface area contributed by atoms with Gasteiger partial charge in [-0.1, -0.05) is 26.7 Å². The fourth-order valence-electron chi connectivity index (χ4n) is 2.34. The summed E-state index contributed by atoms with van der Waals surface area (Å²) in [5.41, 5.74) is 0. The Morgan fingerprint density at radius 2 is 2.00 bits per heavy atom. The lowest BCUT2D eigenvalue weighted by atomic mass is 9.95. The number of nitrogens with one attached hydrogen (secondary N) is 1. The van der Waals surface area contributed by atoms with Gasteiger partial charge in [-0.05, 0) is 18.8 Å². The molecule has 0 bridgehead atoms. The zero-order valence-corrected chi connectivity index (χ0v) is 9.12. The highest BCUT2D eigenvalue weighted by molar-refractivity contribution is 5.67. The lowest BCUT2D eigenvalue weighted by Gasteiger charge is -2.25. The van der Waals surface area contributed by atoms with Crippen molar-refractivity contribution in [1.82, 2.24) is 5.32 Å². The van der Waals surface area contributed by atoms with Gasteiger partial charge >= 0.3 is 5.97 Å². The molecule has 0 aromatic rings. The second kappa shape index (κ2) is 5.35. The molecule has 1 aliphatic rings. The van der Waals surface area contributed by atoms with Crippen LogP contribution in [-0.2, 0) is 4.79 Å². The van der Waals surface area contributed by atoms with Crippen molar-refractivity contribution in [2.24, 2.45) is 5.92 Å². The molecular formula is C11H21NO2. The second-order valence-corrected chi connectivity index (χ2v) is 4.57. The fourth-order valence-corrected chi connectivity index (χ4v) is 2.34. The van der Waals surface area contributed by atoms with E-state index < -0.39 is 5.97 Å². The molecule has 2 N–H and O–H groups in total. The lowest BCUT2D eigenvalue weighted by Crippen LogP contribution is -2.41. The van der Waals surface area contributed by atoms with E-state index in [1.807, 2.05) is 0 Å². The van der Waals surface area contributed by atoms with Crippen LogP contribution in [0.3, 0.4) is 0 Å². The van der Waals surface area contributed by atoms with Crippen LogP contribution in [0.1, 0.15) is 46.0 Å². The third-order valence-electron chi connectivity index (χ3n) is 2.91. The number of hydrogen-bond donors (Lipinski definition) is 2. The van der Waals surface area contributed by atoms with E-state index in [1.54, 1.807) is 0 Å². The smallest absolute Gasteiger partial charge is 0.304 e. The predicted octanol–water partition coefficient (Wildman–Crippen LogP) is 2.02. The maximum absolute atomic E-state index is 10.7. The maximum atomic E-state index is 10.7. The molecule has 1 unspecified atom stereocenters. The SMILES string of the molecule is CC(C)NC(CC(=O)O)C1CCCC1. The molecule has 1 aliphatic carbocycles. The van der Waals surface area contributed by atoms with Crippen molar-refractivity contribution < 1.29 is 9.90 Å². The van der Waals surface area contributed by atoms with E-state index in [1.165, 1.54) is 25.7 Å². The molecule has 82 valence electrons. The second-order valence-electron chi connectivity index (χ2n) is 4.57. The zero-order chi connectivity index (χ0) is 10.6. The summed E-state index contributed by atoms with van der Waals surface area (Å²) in [5.74, 6) is -0.108. The van der Waals surface area contributed by atoms with Crippen LogP contribution in [0.15, 0.2) is 0 Å². The molecular weight excluding hydrogens is 178 g/mol. The van der Waals surface area contributed by atoms with Gasteiger partial charge in [0.2, 0.25) is 0 Å². The minimum atomic E-state index is -0.685. The summed E-state index contributed by atoms with van der Waals surface area (Å²) >= 11 is 0. The van der Waals surface area contributed by atoms with E-state index in [9.17, 15) is 4.79 Å². The van der Waals surface area contributed by atoms with Gasteiger partial charge in [0.25, 0.3) is 0 Å². The first-order valence-corrected chi connectivity index (χ1v) is 5.57. The van der Waals surface area contributed by atoms with E-state index in [2.05, 4.69) is 19.2 Å². The van der Waals surface area contributed by atoms with Crippen LogP contribution in [0.2, 0.25) is 0 Å². The highest BCUT2D eigenvalue weighted by Gasteiger charge is 2.26. The van der Waals surface area contributed by atoms with Crippen LogP contribution in [0.4, 0.5) is 0 Å². The third kappa shape index (κ3) is 3.66. The molecule has 14 heavy (non-hydrogen) atoms. The quantitative estimate of drug-likeness (QED) is 0.712. The van der Waals surface area contributed by atoms with Crippen LogP contribution in [0, 0.1) is 5.92 Å². The predicted molar refractivity (Wildman–Crippen MR) is 56.3 cm³/mol. The van der Waals surface area contributed by atoms with Gasteiger partial charge in [-0.25, -0.2) is 0 Å². The Bertz CT molecular complexity index is 186. The number of hydrogen-bond acceptors (Lipinski definition) is 2. The van der Waals surface area contributed by atoms with Crippen molar-refractivity contribution in [3.05, 3.63) is 0 Å². The van der Waals surface area contributed by atoms with Crippen molar-refractivity contribution >= 4 is 5.97 Å². The molecule has 3 nitrogen and oxygen atoms in total. The Hall–Kier alpha value is -0.570. The van der Waals surface area contributed by atoms with E-state index in [0.29, 0.717) is 12.0 Å². The van der Waals surface area contributed by atoms with Gasteiger partial charge in [-0.2, -0.15) is 0 Å². The topological polar surface area (TPSA) is 49.3 Å². The van der Waals surface area contributed by atoms with Crippen LogP contribution in [0.25, 0.3) is 0 Å². The van der Waals surface area contributed by atoms with Crippen LogP contribution in [-0.4, -0.2) is 23.2 Å². The summed E-state index contributed by atoms with van der Waals surface area (Å²) in [4.78, 5) is 10.7. The van der Waals surface area contributed by atoms with Crippen molar-refractivity contribution in [2.75, 3.05) is 0 Å². The summed E-state index contributed by atoms with van der Waals surface area (Å²) in [6.07, 6.45) is 5.18. The molecule has 0 aliphatic heterocycles. The Morgan fingerprint density at radius 3 is 2.43 bits per heavy atom. The molecule has 1 rings (SSSR count). The Balaban J connectivity index is 2.46. The van der Waals surface area contributed by atoms with E-state index in [-0.39, 0.29) is 12.5 Å². The van der Waals surface area contributed by atoms with Crippen molar-refractivity contribution in [1.29, 1.82) is 0 Å². The van der Waals surface area contributed by atoms with Gasteiger partial charge < -0.3 is 10.4 Å². The van der Waals surface area contributed by atoms with Crippen molar-refractivity contribution in [3.8, 4) is 0 Å². The number of carboxylic acid groups (broad SMARTS) is 1. The maximum Gasteiger partial charge on any atom is 0.304 e. The van der Waals surface area contributed by atoms with Gasteiger partial charge in [-0.3, -0.25) is 4.79 Å². The molecule has 0 aromatic heterocycles. The van der Waals surface area contributed by atoms with Crippen LogP contribution >= 0.6 is 0 Å². The first-order chi connectivity index (χ1) is 6.59. The zero-order valence-electron chi connectivity index (χ0n) is 9.12. The fraction of sp³-hybridized carbons (Fsp3) is 0.909. The number of rotatable bonds is 5. The van der Waals surface area contributed by atoms with Crippen molar-refractivity contribution in [3.63, 3.8) is 0 Å². The Kier molecular flexibility index (Phi) is 4.39. The summed E-state index contributed by atoms with van der Waals surface area (Å²) in [7, 11) is 0. The third-order valence-corrected chi connectivity index (χ3v) is 2.91. The van der Waals surface area contributed by atoms with E-state index in [4.69, 9.17) is 5.11 Å². The van der Waals surface area contributed by atoms with Crippen molar-refractivity contribution in [2.45, 2.75) is 58.0 Å². The first-order valence-electron chi connectivity index (χ1n) is 5.57. The summed E-state index contributed by atoms with van der Waals surface area (Å²) in [5, 5.41) is 12.2. The average molecular weight is 199 g/mol. The summed E-state index contributed by atoms with van der Waals surface area (Å²) < 4.78 is 0. The molecule has 0 saturated heterocycles. The standard InChI is InChI=1S/C11H21NO2/c1-8(2)12-10(7-11(13)14)9-5-3-4-6-9/h8-10,12H,3-7H2,1-2H3,(H,13,14). The largest absolute Gasteiger partial charge is 0.481 e. The molecule has 1 fully saturated rings. The van der Waals surface area contributed by atoms with Gasteiger partial charge in [0.15, 0.2) is 0 Å². The molecule has 0 amide bonds. The highest BCUT2D eigenvalue weighted by atomic mass is 16.4. The molecule has 0 radical (unpaired) electrons. The molecule has 0 heterocycles. The van der Waals surface area contributed by atoms with Crippen LogP contribution in [0.5, 0.6) is 0 Å². The molecule has 0 spiro atoms. The van der Waals surface area contributed by atoms with Crippen LogP contribution < -0.4 is 5.32 Å². The average Bonchev–Trinajstić information content (AvgIpc) is 2.52. The molecule has 3 heteroatoms. The summed E-state index contributed by atoms with van der Waals surface area (Å²) in [6, 6.07) is 0.551. The minimum Gasteiger partial charge on any atom is -0.481 e. The minimum absolute atomic E-state index is 0.176.